The summed E-state index contributed by atoms with van der Waals surface area (Å²) in [4.78, 5) is 0. The quantitative estimate of drug-likeness (QED) is 0.449. The minimum atomic E-state index is -4.67. The molecule has 1 aromatic carbocycles. The fourth-order valence-electron chi connectivity index (χ4n) is 0.907. The predicted octanol–water partition coefficient (Wildman–Crippen LogP) is 2.76. The van der Waals surface area contributed by atoms with Crippen molar-refractivity contribution in [3.8, 4) is 5.75 Å². The zero-order valence-electron chi connectivity index (χ0n) is 10.8. The average molecular weight is 302 g/mol. The maximum Gasteiger partial charge on any atom is 0.394 e. The second-order valence-corrected chi connectivity index (χ2v) is 3.93. The van der Waals surface area contributed by atoms with Crippen molar-refractivity contribution in [1.82, 2.24) is 0 Å². The Morgan fingerprint density at radius 1 is 1.10 bits per heavy atom. The summed E-state index contributed by atoms with van der Waals surface area (Å²) in [5.74, 6) is 0.349. The Bertz CT molecular complexity index is 493. The number of rotatable bonds is 4. The number of ether oxygens (including phenoxy) is 1. The molecule has 1 aromatic rings. The van der Waals surface area contributed by atoms with Crippen LogP contribution in [-0.4, -0.2) is 22.6 Å². The molecular formula is C13H18O6S. The van der Waals surface area contributed by atoms with Crippen molar-refractivity contribution in [3.63, 3.8) is 0 Å². The summed E-state index contributed by atoms with van der Waals surface area (Å²) < 4.78 is 35.9. The third kappa shape index (κ3) is 18.3. The van der Waals surface area contributed by atoms with E-state index in [1.54, 1.807) is 12.1 Å². The molecule has 0 heterocycles. The average Bonchev–Trinajstić information content (AvgIpc) is 2.32. The number of aromatic hydroxyl groups is 1. The number of phenolic OH excluding ortho intramolecular Hbond substituents is 1. The molecule has 0 saturated carbocycles. The number of phenols is 1. The molecule has 0 spiro atoms. The van der Waals surface area contributed by atoms with Gasteiger partial charge in [-0.3, -0.25) is 9.11 Å². The Morgan fingerprint density at radius 2 is 1.55 bits per heavy atom. The van der Waals surface area contributed by atoms with E-state index in [1.807, 2.05) is 18.2 Å². The minimum absolute atomic E-state index is 0.349. The van der Waals surface area contributed by atoms with E-state index in [0.29, 0.717) is 5.75 Å². The molecule has 112 valence electrons. The lowest BCUT2D eigenvalue weighted by atomic mass is 10.1. The molecule has 0 atom stereocenters. The molecule has 0 fully saturated rings. The van der Waals surface area contributed by atoms with Crippen molar-refractivity contribution in [3.05, 3.63) is 68.2 Å². The van der Waals surface area contributed by atoms with Gasteiger partial charge in [0.05, 0.1) is 12.5 Å². The highest BCUT2D eigenvalue weighted by Gasteiger charge is 1.93. The molecule has 20 heavy (non-hydrogen) atoms. The molecule has 0 radical (unpaired) electrons. The monoisotopic (exact) mass is 302 g/mol. The zero-order valence-corrected chi connectivity index (χ0v) is 11.7. The van der Waals surface area contributed by atoms with E-state index >= 15 is 0 Å². The summed E-state index contributed by atoms with van der Waals surface area (Å²) in [6.07, 6.45) is 5.13. The molecule has 0 saturated heterocycles. The summed E-state index contributed by atoms with van der Waals surface area (Å²) in [7, 11) is -4.67. The molecule has 0 unspecified atom stereocenters. The number of allylic oxidation sites excluding steroid dienone is 1. The minimum Gasteiger partial charge on any atom is -0.508 e. The van der Waals surface area contributed by atoms with Crippen LogP contribution in [0, 0.1) is 0 Å². The molecule has 1 rings (SSSR count). The lowest BCUT2D eigenvalue weighted by Crippen LogP contribution is -1.89. The maximum absolute atomic E-state index is 9.19. The maximum atomic E-state index is 9.19. The van der Waals surface area contributed by atoms with Crippen LogP contribution in [0.2, 0.25) is 0 Å². The first-order chi connectivity index (χ1) is 9.26. The Balaban J connectivity index is 0. The van der Waals surface area contributed by atoms with E-state index in [1.165, 1.54) is 12.5 Å². The van der Waals surface area contributed by atoms with Crippen molar-refractivity contribution in [1.29, 1.82) is 0 Å². The molecule has 0 aromatic heterocycles. The molecule has 0 aliphatic rings. The van der Waals surface area contributed by atoms with Gasteiger partial charge >= 0.3 is 10.4 Å². The fourth-order valence-corrected chi connectivity index (χ4v) is 0.907. The standard InChI is InChI=1S/C9H10O.C4H6O.H2O4S/c1-2-5-8-6-3-4-7-9(8)10;1-3-5-4-2;1-5(2,3)4/h2-4,6-7,10H,1,5H2;3-4H,1-2H2;(H2,1,2,3,4). The van der Waals surface area contributed by atoms with Crippen LogP contribution in [-0.2, 0) is 21.6 Å². The summed E-state index contributed by atoms with van der Waals surface area (Å²) in [5, 5.41) is 9.19. The van der Waals surface area contributed by atoms with E-state index < -0.39 is 10.4 Å². The van der Waals surface area contributed by atoms with Gasteiger partial charge in [0.1, 0.15) is 5.75 Å². The zero-order chi connectivity index (χ0) is 16.0. The molecule has 7 heteroatoms. The number of hydrogen-bond acceptors (Lipinski definition) is 4. The first kappa shape index (κ1) is 20.2. The van der Waals surface area contributed by atoms with Gasteiger partial charge in [0.2, 0.25) is 0 Å². The lowest BCUT2D eigenvalue weighted by Gasteiger charge is -1.97. The number of benzene rings is 1. The van der Waals surface area contributed by atoms with Gasteiger partial charge in [-0.05, 0) is 18.1 Å². The van der Waals surface area contributed by atoms with E-state index in [2.05, 4.69) is 24.5 Å². The Kier molecular flexibility index (Phi) is 12.1. The number of hydrogen-bond donors (Lipinski definition) is 3. The molecule has 0 amide bonds. The SMILES string of the molecule is C=CCc1ccccc1O.C=COC=C.O=S(=O)(O)O. The van der Waals surface area contributed by atoms with Crippen LogP contribution in [0.4, 0.5) is 0 Å². The first-order valence-electron chi connectivity index (χ1n) is 5.21. The van der Waals surface area contributed by atoms with E-state index in [0.717, 1.165) is 12.0 Å². The second-order valence-electron chi connectivity index (χ2n) is 3.04. The third-order valence-corrected chi connectivity index (χ3v) is 1.55. The van der Waals surface area contributed by atoms with Crippen LogP contribution < -0.4 is 0 Å². The van der Waals surface area contributed by atoms with Crippen molar-refractivity contribution in [2.75, 3.05) is 0 Å². The van der Waals surface area contributed by atoms with Gasteiger partial charge in [0.15, 0.2) is 0 Å². The van der Waals surface area contributed by atoms with E-state index in [4.69, 9.17) is 17.5 Å². The highest BCUT2D eigenvalue weighted by atomic mass is 32.3. The Labute approximate surface area is 118 Å². The van der Waals surface area contributed by atoms with Gasteiger partial charge in [-0.15, -0.1) is 6.58 Å². The van der Waals surface area contributed by atoms with E-state index in [-0.39, 0.29) is 0 Å². The first-order valence-corrected chi connectivity index (χ1v) is 6.60. The summed E-state index contributed by atoms with van der Waals surface area (Å²) in [5.41, 5.74) is 0.928. The van der Waals surface area contributed by atoms with Gasteiger partial charge in [0, 0.05) is 0 Å². The van der Waals surface area contributed by atoms with Crippen molar-refractivity contribution in [2.24, 2.45) is 0 Å². The molecule has 0 aliphatic heterocycles. The van der Waals surface area contributed by atoms with Gasteiger partial charge in [-0.1, -0.05) is 37.4 Å². The normalized spacial score (nSPS) is 8.90. The highest BCUT2D eigenvalue weighted by Crippen LogP contribution is 2.15. The molecule has 3 N–H and O–H groups in total. The third-order valence-electron chi connectivity index (χ3n) is 1.55. The van der Waals surface area contributed by atoms with E-state index in [9.17, 15) is 5.11 Å². The number of para-hydroxylation sites is 1. The summed E-state index contributed by atoms with van der Waals surface area (Å²) in [6.45, 7) is 10.1. The summed E-state index contributed by atoms with van der Waals surface area (Å²) in [6, 6.07) is 7.27. The largest absolute Gasteiger partial charge is 0.508 e. The van der Waals surface area contributed by atoms with Crippen LogP contribution in [0.1, 0.15) is 5.56 Å². The van der Waals surface area contributed by atoms with Crippen LogP contribution in [0.3, 0.4) is 0 Å². The van der Waals surface area contributed by atoms with Gasteiger partial charge < -0.3 is 9.84 Å². The molecule has 0 bridgehead atoms. The van der Waals surface area contributed by atoms with Crippen molar-refractivity contribution < 1.29 is 27.4 Å². The van der Waals surface area contributed by atoms with Crippen molar-refractivity contribution >= 4 is 10.4 Å². The van der Waals surface area contributed by atoms with Crippen LogP contribution >= 0.6 is 0 Å². The van der Waals surface area contributed by atoms with Crippen LogP contribution in [0.25, 0.3) is 0 Å². The second kappa shape index (κ2) is 12.0. The molecule has 6 nitrogen and oxygen atoms in total. The van der Waals surface area contributed by atoms with Gasteiger partial charge in [-0.2, -0.15) is 8.42 Å². The van der Waals surface area contributed by atoms with Crippen molar-refractivity contribution in [2.45, 2.75) is 6.42 Å². The van der Waals surface area contributed by atoms with Crippen LogP contribution in [0.5, 0.6) is 5.75 Å². The smallest absolute Gasteiger partial charge is 0.394 e. The lowest BCUT2D eigenvalue weighted by molar-refractivity contribution is 0.381. The molecule has 0 aliphatic carbocycles. The fraction of sp³-hybridized carbons (Fsp3) is 0.0769. The van der Waals surface area contributed by atoms with Gasteiger partial charge in [-0.25, -0.2) is 0 Å². The summed E-state index contributed by atoms with van der Waals surface area (Å²) >= 11 is 0. The topological polar surface area (TPSA) is 104 Å². The van der Waals surface area contributed by atoms with Gasteiger partial charge in [0.25, 0.3) is 0 Å². The molecular weight excluding hydrogens is 284 g/mol. The predicted molar refractivity (Wildman–Crippen MR) is 77.7 cm³/mol. The highest BCUT2D eigenvalue weighted by molar-refractivity contribution is 7.79. The Hall–Kier alpha value is -2.09. The van der Waals surface area contributed by atoms with Crippen LogP contribution in [0.15, 0.2) is 62.6 Å². The Morgan fingerprint density at radius 3 is 1.85 bits per heavy atom.